The SMILES string of the molecule is COc1cccc2c1C1(CCN(C(=O)OC(C)(C)C)C1)C(=O)N2. The third-order valence-corrected chi connectivity index (χ3v) is 4.33. The van der Waals surface area contributed by atoms with Crippen LogP contribution in [0.15, 0.2) is 18.2 Å². The molecule has 0 saturated carbocycles. The number of benzene rings is 1. The van der Waals surface area contributed by atoms with Gasteiger partial charge in [-0.1, -0.05) is 6.07 Å². The second kappa shape index (κ2) is 5.15. The minimum Gasteiger partial charge on any atom is -0.496 e. The lowest BCUT2D eigenvalue weighted by Gasteiger charge is -2.26. The zero-order valence-corrected chi connectivity index (χ0v) is 13.9. The van der Waals surface area contributed by atoms with Crippen molar-refractivity contribution in [3.05, 3.63) is 23.8 Å². The first-order valence-corrected chi connectivity index (χ1v) is 7.74. The van der Waals surface area contributed by atoms with Crippen LogP contribution in [0.5, 0.6) is 5.75 Å². The van der Waals surface area contributed by atoms with Gasteiger partial charge >= 0.3 is 6.09 Å². The Bertz CT molecular complexity index is 665. The second-order valence-corrected chi connectivity index (χ2v) is 7.07. The normalized spacial score (nSPS) is 23.0. The number of rotatable bonds is 1. The molecule has 2 amide bonds. The van der Waals surface area contributed by atoms with Gasteiger partial charge in [0.2, 0.25) is 5.91 Å². The first-order chi connectivity index (χ1) is 10.8. The predicted octanol–water partition coefficient (Wildman–Crippen LogP) is 2.53. The van der Waals surface area contributed by atoms with Crippen molar-refractivity contribution < 1.29 is 19.1 Å². The minimum absolute atomic E-state index is 0.0805. The van der Waals surface area contributed by atoms with Crippen LogP contribution < -0.4 is 10.1 Å². The van der Waals surface area contributed by atoms with Crippen LogP contribution in [0.1, 0.15) is 32.8 Å². The Morgan fingerprint density at radius 3 is 2.74 bits per heavy atom. The van der Waals surface area contributed by atoms with Crippen LogP contribution in [0.3, 0.4) is 0 Å². The zero-order valence-electron chi connectivity index (χ0n) is 13.9. The summed E-state index contributed by atoms with van der Waals surface area (Å²) in [7, 11) is 1.59. The fraction of sp³-hybridized carbons (Fsp3) is 0.529. The van der Waals surface area contributed by atoms with E-state index in [0.717, 1.165) is 11.3 Å². The van der Waals surface area contributed by atoms with Crippen molar-refractivity contribution >= 4 is 17.7 Å². The van der Waals surface area contributed by atoms with E-state index < -0.39 is 11.0 Å². The summed E-state index contributed by atoms with van der Waals surface area (Å²) in [5, 5.41) is 2.91. The fourth-order valence-corrected chi connectivity index (χ4v) is 3.34. The van der Waals surface area contributed by atoms with Gasteiger partial charge in [-0.05, 0) is 39.3 Å². The van der Waals surface area contributed by atoms with Gasteiger partial charge in [0.1, 0.15) is 11.4 Å². The molecule has 1 unspecified atom stereocenters. The molecule has 6 heteroatoms. The summed E-state index contributed by atoms with van der Waals surface area (Å²) in [5.74, 6) is 0.593. The van der Waals surface area contributed by atoms with Crippen molar-refractivity contribution in [1.29, 1.82) is 0 Å². The number of ether oxygens (including phenoxy) is 2. The molecule has 3 rings (SSSR count). The standard InChI is InChI=1S/C17H22N2O4/c1-16(2,3)23-15(21)19-9-8-17(10-19)13-11(18-14(17)20)6-5-7-12(13)22-4/h5-7H,8-10H2,1-4H3,(H,18,20). The van der Waals surface area contributed by atoms with E-state index in [9.17, 15) is 9.59 Å². The van der Waals surface area contributed by atoms with Gasteiger partial charge < -0.3 is 19.7 Å². The molecule has 1 N–H and O–H groups in total. The van der Waals surface area contributed by atoms with Crippen LogP contribution in [0.25, 0.3) is 0 Å². The third kappa shape index (κ3) is 2.52. The summed E-state index contributed by atoms with van der Waals surface area (Å²) in [6.07, 6.45) is 0.177. The monoisotopic (exact) mass is 318 g/mol. The van der Waals surface area contributed by atoms with Crippen molar-refractivity contribution in [1.82, 2.24) is 4.90 Å². The number of carbonyl (C=O) groups excluding carboxylic acids is 2. The topological polar surface area (TPSA) is 67.9 Å². The first-order valence-electron chi connectivity index (χ1n) is 7.74. The molecular weight excluding hydrogens is 296 g/mol. The highest BCUT2D eigenvalue weighted by Crippen LogP contribution is 2.48. The van der Waals surface area contributed by atoms with E-state index >= 15 is 0 Å². The second-order valence-electron chi connectivity index (χ2n) is 7.07. The lowest BCUT2D eigenvalue weighted by atomic mass is 9.80. The van der Waals surface area contributed by atoms with Gasteiger partial charge in [-0.15, -0.1) is 0 Å². The van der Waals surface area contributed by atoms with Crippen molar-refractivity contribution in [3.8, 4) is 5.75 Å². The number of methoxy groups -OCH3 is 1. The molecule has 6 nitrogen and oxygen atoms in total. The molecule has 2 aliphatic rings. The van der Waals surface area contributed by atoms with Crippen LogP contribution in [0.4, 0.5) is 10.5 Å². The molecule has 2 aliphatic heterocycles. The van der Waals surface area contributed by atoms with E-state index in [1.54, 1.807) is 12.0 Å². The largest absolute Gasteiger partial charge is 0.496 e. The van der Waals surface area contributed by atoms with Gasteiger partial charge in [-0.3, -0.25) is 4.79 Å². The Morgan fingerprint density at radius 1 is 1.35 bits per heavy atom. The number of amides is 2. The number of anilines is 1. The van der Waals surface area contributed by atoms with Gasteiger partial charge in [0, 0.05) is 24.3 Å². The number of nitrogens with one attached hydrogen (secondary N) is 1. The Balaban J connectivity index is 1.91. The molecule has 124 valence electrons. The maximum atomic E-state index is 12.6. The molecule has 1 saturated heterocycles. The molecule has 1 spiro atoms. The smallest absolute Gasteiger partial charge is 0.410 e. The van der Waals surface area contributed by atoms with Gasteiger partial charge in [-0.2, -0.15) is 0 Å². The summed E-state index contributed by atoms with van der Waals surface area (Å²) in [6.45, 7) is 6.28. The summed E-state index contributed by atoms with van der Waals surface area (Å²) in [4.78, 5) is 26.5. The van der Waals surface area contributed by atoms with Crippen LogP contribution in [0, 0.1) is 0 Å². The van der Waals surface area contributed by atoms with Crippen LogP contribution in [-0.2, 0) is 14.9 Å². The van der Waals surface area contributed by atoms with Crippen LogP contribution >= 0.6 is 0 Å². The summed E-state index contributed by atoms with van der Waals surface area (Å²) < 4.78 is 10.9. The number of hydrogen-bond donors (Lipinski definition) is 1. The lowest BCUT2D eigenvalue weighted by molar-refractivity contribution is -0.120. The molecule has 0 bridgehead atoms. The molecule has 0 radical (unpaired) electrons. The highest BCUT2D eigenvalue weighted by atomic mass is 16.6. The highest BCUT2D eigenvalue weighted by Gasteiger charge is 2.54. The van der Waals surface area contributed by atoms with Crippen molar-refractivity contribution in [2.45, 2.75) is 38.2 Å². The fourth-order valence-electron chi connectivity index (χ4n) is 3.34. The highest BCUT2D eigenvalue weighted by molar-refractivity contribution is 6.08. The average Bonchev–Trinajstić information content (AvgIpc) is 3.02. The summed E-state index contributed by atoms with van der Waals surface area (Å²) in [5.41, 5.74) is 0.304. The van der Waals surface area contributed by atoms with Crippen molar-refractivity contribution in [2.24, 2.45) is 0 Å². The number of fused-ring (bicyclic) bond motifs is 2. The summed E-state index contributed by atoms with van der Waals surface area (Å²) >= 11 is 0. The Kier molecular flexibility index (Phi) is 3.50. The first kappa shape index (κ1) is 15.6. The molecular formula is C17H22N2O4. The van der Waals surface area contributed by atoms with E-state index in [1.807, 2.05) is 39.0 Å². The predicted molar refractivity (Wildman–Crippen MR) is 85.7 cm³/mol. The molecule has 1 aromatic rings. The average molecular weight is 318 g/mol. The number of nitrogens with zero attached hydrogens (tertiary/aromatic N) is 1. The van der Waals surface area contributed by atoms with E-state index in [1.165, 1.54) is 0 Å². The van der Waals surface area contributed by atoms with Crippen molar-refractivity contribution in [2.75, 3.05) is 25.5 Å². The van der Waals surface area contributed by atoms with Gasteiger partial charge in [0.15, 0.2) is 0 Å². The molecule has 1 fully saturated rings. The molecule has 2 heterocycles. The minimum atomic E-state index is -0.751. The van der Waals surface area contributed by atoms with Crippen molar-refractivity contribution in [3.63, 3.8) is 0 Å². The maximum Gasteiger partial charge on any atom is 0.410 e. The number of carbonyl (C=O) groups is 2. The molecule has 0 aliphatic carbocycles. The van der Waals surface area contributed by atoms with Crippen LogP contribution in [0.2, 0.25) is 0 Å². The van der Waals surface area contributed by atoms with Crippen LogP contribution in [-0.4, -0.2) is 42.7 Å². The number of hydrogen-bond acceptors (Lipinski definition) is 4. The van der Waals surface area contributed by atoms with Gasteiger partial charge in [0.05, 0.1) is 12.5 Å². The lowest BCUT2D eigenvalue weighted by Crippen LogP contribution is -2.41. The van der Waals surface area contributed by atoms with E-state index in [2.05, 4.69) is 5.32 Å². The Morgan fingerprint density at radius 2 is 2.09 bits per heavy atom. The van der Waals surface area contributed by atoms with E-state index in [-0.39, 0.29) is 12.0 Å². The van der Waals surface area contributed by atoms with Gasteiger partial charge in [-0.25, -0.2) is 4.79 Å². The molecule has 1 atom stereocenters. The molecule has 1 aromatic carbocycles. The Hall–Kier alpha value is -2.24. The third-order valence-electron chi connectivity index (χ3n) is 4.33. The maximum absolute atomic E-state index is 12.6. The zero-order chi connectivity index (χ0) is 16.8. The Labute approximate surface area is 135 Å². The quantitative estimate of drug-likeness (QED) is 0.864. The van der Waals surface area contributed by atoms with E-state index in [0.29, 0.717) is 25.3 Å². The number of likely N-dealkylation sites (tertiary alicyclic amines) is 1. The van der Waals surface area contributed by atoms with Gasteiger partial charge in [0.25, 0.3) is 0 Å². The van der Waals surface area contributed by atoms with E-state index in [4.69, 9.17) is 9.47 Å². The summed E-state index contributed by atoms with van der Waals surface area (Å²) in [6, 6.07) is 5.55. The molecule has 0 aromatic heterocycles. The molecule has 23 heavy (non-hydrogen) atoms.